The van der Waals surface area contributed by atoms with Crippen molar-refractivity contribution in [2.24, 2.45) is 7.05 Å². The molecule has 0 radical (unpaired) electrons. The van der Waals surface area contributed by atoms with Crippen LogP contribution in [0, 0.1) is 0 Å². The van der Waals surface area contributed by atoms with Crippen molar-refractivity contribution >= 4 is 34.5 Å². The number of aryl methyl sites for hydroxylation is 1. The number of piperidine rings is 1. The lowest BCUT2D eigenvalue weighted by atomic mass is 10.00. The Hall–Kier alpha value is -4.37. The normalized spacial score (nSPS) is 15.6. The van der Waals surface area contributed by atoms with E-state index in [1.54, 1.807) is 23.9 Å². The van der Waals surface area contributed by atoms with Crippen molar-refractivity contribution in [3.05, 3.63) is 78.1 Å². The van der Waals surface area contributed by atoms with Gasteiger partial charge < -0.3 is 10.1 Å². The van der Waals surface area contributed by atoms with Crippen LogP contribution in [0.4, 0.5) is 5.82 Å². The molecule has 3 heterocycles. The quantitative estimate of drug-likeness (QED) is 0.296. The zero-order valence-electron chi connectivity index (χ0n) is 21.5. The molecule has 38 heavy (non-hydrogen) atoms. The number of nitrogens with one attached hydrogen (secondary N) is 1. The van der Waals surface area contributed by atoms with Crippen molar-refractivity contribution in [1.82, 2.24) is 25.3 Å². The Morgan fingerprint density at radius 3 is 2.74 bits per heavy atom. The van der Waals surface area contributed by atoms with Crippen molar-refractivity contribution in [3.8, 4) is 11.3 Å². The number of hydrogen-bond donors (Lipinski definition) is 1. The predicted molar refractivity (Wildman–Crippen MR) is 147 cm³/mol. The summed E-state index contributed by atoms with van der Waals surface area (Å²) in [5, 5.41) is 13.3. The van der Waals surface area contributed by atoms with Gasteiger partial charge in [0.15, 0.2) is 0 Å². The molecular formula is C29H30N6O3. The third-order valence-electron chi connectivity index (χ3n) is 6.60. The number of rotatable bonds is 7. The molecule has 1 amide bonds. The molecule has 1 saturated heterocycles. The van der Waals surface area contributed by atoms with Crippen molar-refractivity contribution in [1.29, 1.82) is 0 Å². The van der Waals surface area contributed by atoms with Crippen LogP contribution in [0.1, 0.15) is 35.7 Å². The van der Waals surface area contributed by atoms with Gasteiger partial charge in [0.05, 0.1) is 18.8 Å². The number of fused-ring (bicyclic) bond motifs is 1. The molecule has 0 bridgehead atoms. The highest BCUT2D eigenvalue weighted by Gasteiger charge is 2.30. The van der Waals surface area contributed by atoms with Gasteiger partial charge in [-0.2, -0.15) is 0 Å². The van der Waals surface area contributed by atoms with E-state index in [2.05, 4.69) is 15.6 Å². The standard InChI is InChI=1S/C29H30N6O3/c1-3-38-26(36)14-13-21-6-4-7-22-15-17-31-28(27(21)22)35(24-8-5-16-30-18-24)29(37)23-11-9-20(10-12-23)25-19-34(2)33-32-25/h4,6-7,9-15,17,19,24,30H,3,5,8,16,18H2,1-2H3/t24-/m1/s1. The summed E-state index contributed by atoms with van der Waals surface area (Å²) < 4.78 is 6.71. The molecule has 0 spiro atoms. The second-order valence-corrected chi connectivity index (χ2v) is 9.20. The van der Waals surface area contributed by atoms with Gasteiger partial charge in [-0.1, -0.05) is 35.5 Å². The van der Waals surface area contributed by atoms with Crippen LogP contribution in [0.3, 0.4) is 0 Å². The lowest BCUT2D eigenvalue weighted by molar-refractivity contribution is -0.137. The minimum atomic E-state index is -0.414. The van der Waals surface area contributed by atoms with Gasteiger partial charge in [0.2, 0.25) is 0 Å². The maximum absolute atomic E-state index is 14.1. The third kappa shape index (κ3) is 5.33. The first-order valence-corrected chi connectivity index (χ1v) is 12.8. The van der Waals surface area contributed by atoms with Gasteiger partial charge in [0.1, 0.15) is 11.5 Å². The van der Waals surface area contributed by atoms with Gasteiger partial charge in [-0.25, -0.2) is 9.78 Å². The van der Waals surface area contributed by atoms with E-state index in [4.69, 9.17) is 9.72 Å². The van der Waals surface area contributed by atoms with E-state index in [1.807, 2.05) is 66.7 Å². The second kappa shape index (κ2) is 11.4. The largest absolute Gasteiger partial charge is 0.463 e. The van der Waals surface area contributed by atoms with E-state index >= 15 is 0 Å². The summed E-state index contributed by atoms with van der Waals surface area (Å²) in [5.74, 6) is 0.0273. The highest BCUT2D eigenvalue weighted by atomic mass is 16.5. The van der Waals surface area contributed by atoms with Gasteiger partial charge in [0, 0.05) is 42.4 Å². The molecular weight excluding hydrogens is 480 g/mol. The van der Waals surface area contributed by atoms with Crippen LogP contribution in [0.15, 0.2) is 67.0 Å². The summed E-state index contributed by atoms with van der Waals surface area (Å²) in [5.41, 5.74) is 2.98. The number of anilines is 1. The average molecular weight is 511 g/mol. The molecule has 9 nitrogen and oxygen atoms in total. The molecule has 0 unspecified atom stereocenters. The topological polar surface area (TPSA) is 102 Å². The molecule has 194 valence electrons. The van der Waals surface area contributed by atoms with E-state index in [1.165, 1.54) is 6.08 Å². The lowest BCUT2D eigenvalue weighted by Gasteiger charge is -2.35. The molecule has 1 aliphatic rings. The number of amides is 1. The monoisotopic (exact) mass is 510 g/mol. The van der Waals surface area contributed by atoms with E-state index in [9.17, 15) is 9.59 Å². The van der Waals surface area contributed by atoms with Crippen molar-refractivity contribution < 1.29 is 14.3 Å². The number of carbonyl (C=O) groups excluding carboxylic acids is 2. The molecule has 2 aromatic heterocycles. The highest BCUT2D eigenvalue weighted by Crippen LogP contribution is 2.32. The highest BCUT2D eigenvalue weighted by molar-refractivity contribution is 6.12. The number of carbonyl (C=O) groups is 2. The minimum Gasteiger partial charge on any atom is -0.463 e. The predicted octanol–water partition coefficient (Wildman–Crippen LogP) is 4.01. The van der Waals surface area contributed by atoms with Crippen LogP contribution in [0.25, 0.3) is 28.1 Å². The van der Waals surface area contributed by atoms with E-state index in [-0.39, 0.29) is 11.9 Å². The number of nitrogens with zero attached hydrogens (tertiary/aromatic N) is 5. The first kappa shape index (κ1) is 25.3. The number of ether oxygens (including phenoxy) is 1. The lowest BCUT2D eigenvalue weighted by Crippen LogP contribution is -2.49. The van der Waals surface area contributed by atoms with Crippen LogP contribution in [0.5, 0.6) is 0 Å². The molecule has 5 rings (SSSR count). The minimum absolute atomic E-state index is 0.0730. The Morgan fingerprint density at radius 1 is 1.18 bits per heavy atom. The molecule has 9 heteroatoms. The van der Waals surface area contributed by atoms with Gasteiger partial charge in [-0.15, -0.1) is 5.10 Å². The van der Waals surface area contributed by atoms with Crippen LogP contribution in [-0.2, 0) is 16.6 Å². The Kier molecular flexibility index (Phi) is 7.55. The number of hydrogen-bond acceptors (Lipinski definition) is 7. The van der Waals surface area contributed by atoms with Gasteiger partial charge >= 0.3 is 5.97 Å². The fourth-order valence-corrected chi connectivity index (χ4v) is 4.80. The third-order valence-corrected chi connectivity index (χ3v) is 6.60. The van der Waals surface area contributed by atoms with Crippen LogP contribution >= 0.6 is 0 Å². The number of aromatic nitrogens is 4. The summed E-state index contributed by atoms with van der Waals surface area (Å²) in [6.45, 7) is 3.66. The smallest absolute Gasteiger partial charge is 0.330 e. The maximum Gasteiger partial charge on any atom is 0.330 e. The summed E-state index contributed by atoms with van der Waals surface area (Å²) >= 11 is 0. The number of esters is 1. The summed E-state index contributed by atoms with van der Waals surface area (Å²) in [6.07, 6.45) is 8.51. The average Bonchev–Trinajstić information content (AvgIpc) is 3.39. The summed E-state index contributed by atoms with van der Waals surface area (Å²) in [7, 11) is 1.82. The van der Waals surface area contributed by atoms with Crippen molar-refractivity contribution in [2.75, 3.05) is 24.6 Å². The van der Waals surface area contributed by atoms with Crippen LogP contribution in [0.2, 0.25) is 0 Å². The zero-order chi connectivity index (χ0) is 26.5. The molecule has 0 aliphatic carbocycles. The Labute approximate surface area is 221 Å². The van der Waals surface area contributed by atoms with Crippen molar-refractivity contribution in [3.63, 3.8) is 0 Å². The molecule has 1 aliphatic heterocycles. The second-order valence-electron chi connectivity index (χ2n) is 9.20. The van der Waals surface area contributed by atoms with Gasteiger partial charge in [-0.05, 0) is 61.5 Å². The summed E-state index contributed by atoms with van der Waals surface area (Å²) in [6, 6.07) is 15.1. The van der Waals surface area contributed by atoms with Gasteiger partial charge in [0.25, 0.3) is 5.91 Å². The van der Waals surface area contributed by atoms with Gasteiger partial charge in [-0.3, -0.25) is 14.4 Å². The zero-order valence-corrected chi connectivity index (χ0v) is 21.5. The van der Waals surface area contributed by atoms with Crippen molar-refractivity contribution in [2.45, 2.75) is 25.8 Å². The molecule has 0 saturated carbocycles. The number of pyridine rings is 1. The fraction of sp³-hybridized carbons (Fsp3) is 0.276. The Bertz CT molecular complexity index is 1470. The molecule has 1 N–H and O–H groups in total. The molecule has 1 atom stereocenters. The number of benzene rings is 2. The SMILES string of the molecule is CCOC(=O)C=Cc1cccc2ccnc(N(C(=O)c3ccc(-c4cn(C)nn4)cc3)[C@@H]3CCCNC3)c12. The molecule has 4 aromatic rings. The van der Waals surface area contributed by atoms with Crippen LogP contribution in [-0.4, -0.2) is 57.6 Å². The maximum atomic E-state index is 14.1. The first-order chi connectivity index (χ1) is 18.5. The first-order valence-electron chi connectivity index (χ1n) is 12.8. The summed E-state index contributed by atoms with van der Waals surface area (Å²) in [4.78, 5) is 32.7. The van der Waals surface area contributed by atoms with E-state index < -0.39 is 5.97 Å². The van der Waals surface area contributed by atoms with E-state index in [0.717, 1.165) is 47.0 Å². The molecule has 2 aromatic carbocycles. The Morgan fingerprint density at radius 2 is 2.03 bits per heavy atom. The Balaban J connectivity index is 1.57. The fourth-order valence-electron chi connectivity index (χ4n) is 4.80. The van der Waals surface area contributed by atoms with E-state index in [0.29, 0.717) is 24.5 Å². The molecule has 1 fully saturated rings. The van der Waals surface area contributed by atoms with Crippen LogP contribution < -0.4 is 10.2 Å².